The fourth-order valence-electron chi connectivity index (χ4n) is 2.12. The lowest BCUT2D eigenvalue weighted by Crippen LogP contribution is -2.00. The Morgan fingerprint density at radius 2 is 2.04 bits per heavy atom. The topological polar surface area (TPSA) is 88.0 Å². The molecule has 0 aliphatic heterocycles. The van der Waals surface area contributed by atoms with Gasteiger partial charge in [0.05, 0.1) is 11.9 Å². The van der Waals surface area contributed by atoms with Gasteiger partial charge in [-0.3, -0.25) is 9.78 Å². The number of nitrogens with zero attached hydrogens (tertiary/aromatic N) is 3. The SMILES string of the molecule is Cc1ccc(C=O)cc1Nc1nccc(-c2cncc(O)c2)n1. The van der Waals surface area contributed by atoms with Gasteiger partial charge in [0.2, 0.25) is 5.95 Å². The summed E-state index contributed by atoms with van der Waals surface area (Å²) in [5, 5.41) is 12.6. The number of aromatic hydroxyl groups is 1. The summed E-state index contributed by atoms with van der Waals surface area (Å²) >= 11 is 0. The molecule has 0 bridgehead atoms. The van der Waals surface area contributed by atoms with Gasteiger partial charge in [-0.05, 0) is 30.7 Å². The third kappa shape index (κ3) is 3.32. The van der Waals surface area contributed by atoms with Crippen LogP contribution in [0.5, 0.6) is 5.75 Å². The van der Waals surface area contributed by atoms with E-state index in [1.165, 1.54) is 6.20 Å². The highest BCUT2D eigenvalue weighted by molar-refractivity contribution is 5.78. The minimum absolute atomic E-state index is 0.0742. The van der Waals surface area contributed by atoms with Crippen LogP contribution in [0.3, 0.4) is 0 Å². The van der Waals surface area contributed by atoms with Gasteiger partial charge in [0, 0.05) is 29.2 Å². The third-order valence-corrected chi connectivity index (χ3v) is 3.32. The molecule has 6 heteroatoms. The summed E-state index contributed by atoms with van der Waals surface area (Å²) in [4.78, 5) is 23.4. The molecule has 0 radical (unpaired) electrons. The van der Waals surface area contributed by atoms with Gasteiger partial charge in [-0.15, -0.1) is 0 Å². The second-order valence-corrected chi connectivity index (χ2v) is 5.01. The molecule has 0 spiro atoms. The third-order valence-electron chi connectivity index (χ3n) is 3.32. The smallest absolute Gasteiger partial charge is 0.227 e. The van der Waals surface area contributed by atoms with Crippen LogP contribution in [0, 0.1) is 6.92 Å². The Bertz CT molecular complexity index is 865. The summed E-state index contributed by atoms with van der Waals surface area (Å²) in [6, 6.07) is 8.67. The Kier molecular flexibility index (Phi) is 3.97. The van der Waals surface area contributed by atoms with Crippen LogP contribution >= 0.6 is 0 Å². The monoisotopic (exact) mass is 306 g/mol. The molecule has 0 saturated heterocycles. The molecule has 0 aliphatic rings. The Hall–Kier alpha value is -3.28. The molecule has 2 heterocycles. The zero-order chi connectivity index (χ0) is 16.2. The molecule has 3 rings (SSSR count). The van der Waals surface area contributed by atoms with Gasteiger partial charge in [-0.25, -0.2) is 9.97 Å². The lowest BCUT2D eigenvalue weighted by atomic mass is 10.1. The highest BCUT2D eigenvalue weighted by Gasteiger charge is 2.06. The molecule has 0 unspecified atom stereocenters. The summed E-state index contributed by atoms with van der Waals surface area (Å²) in [6.07, 6.45) is 5.39. The number of carbonyl (C=O) groups excluding carboxylic acids is 1. The number of anilines is 2. The van der Waals surface area contributed by atoms with Crippen LogP contribution in [0.15, 0.2) is 48.9 Å². The highest BCUT2D eigenvalue weighted by atomic mass is 16.3. The van der Waals surface area contributed by atoms with E-state index in [4.69, 9.17) is 0 Å². The fraction of sp³-hybridized carbons (Fsp3) is 0.0588. The molecular formula is C17H14N4O2. The molecular weight excluding hydrogens is 292 g/mol. The minimum Gasteiger partial charge on any atom is -0.506 e. The predicted molar refractivity (Wildman–Crippen MR) is 86.8 cm³/mol. The van der Waals surface area contributed by atoms with Crippen LogP contribution < -0.4 is 5.32 Å². The van der Waals surface area contributed by atoms with Crippen LogP contribution in [0.2, 0.25) is 0 Å². The standard InChI is InChI=1S/C17H14N4O2/c1-11-2-3-12(10-22)6-16(11)21-17-19-5-4-15(20-17)13-7-14(23)9-18-8-13/h2-10,23H,1H3,(H,19,20,21). The number of nitrogens with one attached hydrogen (secondary N) is 1. The Morgan fingerprint density at radius 1 is 1.17 bits per heavy atom. The molecule has 1 aromatic carbocycles. The number of aromatic nitrogens is 3. The molecule has 114 valence electrons. The van der Waals surface area contributed by atoms with E-state index in [2.05, 4.69) is 20.3 Å². The molecule has 0 fully saturated rings. The van der Waals surface area contributed by atoms with Gasteiger partial charge in [0.15, 0.2) is 0 Å². The first-order chi connectivity index (χ1) is 11.2. The van der Waals surface area contributed by atoms with Crippen molar-refractivity contribution in [1.29, 1.82) is 0 Å². The zero-order valence-electron chi connectivity index (χ0n) is 12.4. The molecule has 0 saturated carbocycles. The van der Waals surface area contributed by atoms with Gasteiger partial charge in [0.25, 0.3) is 0 Å². The van der Waals surface area contributed by atoms with E-state index in [1.807, 2.05) is 13.0 Å². The van der Waals surface area contributed by atoms with Crippen molar-refractivity contribution >= 4 is 17.9 Å². The first-order valence-corrected chi connectivity index (χ1v) is 6.96. The number of pyridine rings is 1. The van der Waals surface area contributed by atoms with Crippen LogP contribution in [-0.2, 0) is 0 Å². The number of hydrogen-bond acceptors (Lipinski definition) is 6. The molecule has 3 aromatic rings. The molecule has 23 heavy (non-hydrogen) atoms. The maximum absolute atomic E-state index is 10.9. The van der Waals surface area contributed by atoms with Gasteiger partial charge in [-0.1, -0.05) is 12.1 Å². The quantitative estimate of drug-likeness (QED) is 0.720. The lowest BCUT2D eigenvalue weighted by molar-refractivity contribution is 0.112. The second-order valence-electron chi connectivity index (χ2n) is 5.01. The van der Waals surface area contributed by atoms with Crippen molar-refractivity contribution in [1.82, 2.24) is 15.0 Å². The van der Waals surface area contributed by atoms with Crippen LogP contribution in [0.25, 0.3) is 11.3 Å². The number of carbonyl (C=O) groups is 1. The molecule has 2 aromatic heterocycles. The molecule has 0 atom stereocenters. The Labute approximate surface area is 132 Å². The van der Waals surface area contributed by atoms with E-state index in [9.17, 15) is 9.90 Å². The van der Waals surface area contributed by atoms with Crippen molar-refractivity contribution in [2.75, 3.05) is 5.32 Å². The average molecular weight is 306 g/mol. The number of rotatable bonds is 4. The maximum atomic E-state index is 10.9. The number of aldehydes is 1. The van der Waals surface area contributed by atoms with Gasteiger partial charge < -0.3 is 10.4 Å². The largest absolute Gasteiger partial charge is 0.506 e. The zero-order valence-corrected chi connectivity index (χ0v) is 12.4. The van der Waals surface area contributed by atoms with Crippen LogP contribution in [0.4, 0.5) is 11.6 Å². The van der Waals surface area contributed by atoms with Crippen molar-refractivity contribution in [3.05, 3.63) is 60.0 Å². The highest BCUT2D eigenvalue weighted by Crippen LogP contribution is 2.23. The van der Waals surface area contributed by atoms with Crippen molar-refractivity contribution < 1.29 is 9.90 Å². The molecule has 0 amide bonds. The van der Waals surface area contributed by atoms with Crippen molar-refractivity contribution in [2.45, 2.75) is 6.92 Å². The Morgan fingerprint density at radius 3 is 2.83 bits per heavy atom. The number of hydrogen-bond donors (Lipinski definition) is 2. The van der Waals surface area contributed by atoms with Crippen molar-refractivity contribution in [3.8, 4) is 17.0 Å². The van der Waals surface area contributed by atoms with E-state index < -0.39 is 0 Å². The van der Waals surface area contributed by atoms with Gasteiger partial charge in [-0.2, -0.15) is 0 Å². The summed E-state index contributed by atoms with van der Waals surface area (Å²) < 4.78 is 0. The van der Waals surface area contributed by atoms with Crippen LogP contribution in [0.1, 0.15) is 15.9 Å². The van der Waals surface area contributed by atoms with Crippen molar-refractivity contribution in [2.24, 2.45) is 0 Å². The first-order valence-electron chi connectivity index (χ1n) is 6.96. The van der Waals surface area contributed by atoms with Crippen LogP contribution in [-0.4, -0.2) is 26.3 Å². The summed E-state index contributed by atoms with van der Waals surface area (Å²) in [7, 11) is 0. The second kappa shape index (κ2) is 6.23. The molecule has 0 aliphatic carbocycles. The van der Waals surface area contributed by atoms with E-state index in [1.54, 1.807) is 36.7 Å². The summed E-state index contributed by atoms with van der Waals surface area (Å²) in [6.45, 7) is 1.93. The Balaban J connectivity index is 1.93. The summed E-state index contributed by atoms with van der Waals surface area (Å²) in [5.74, 6) is 0.474. The maximum Gasteiger partial charge on any atom is 0.227 e. The fourth-order valence-corrected chi connectivity index (χ4v) is 2.12. The first kappa shape index (κ1) is 14.6. The normalized spacial score (nSPS) is 10.3. The molecule has 6 nitrogen and oxygen atoms in total. The lowest BCUT2D eigenvalue weighted by Gasteiger charge is -2.09. The van der Waals surface area contributed by atoms with Crippen molar-refractivity contribution in [3.63, 3.8) is 0 Å². The number of benzene rings is 1. The summed E-state index contributed by atoms with van der Waals surface area (Å²) in [5.41, 5.74) is 3.64. The van der Waals surface area contributed by atoms with E-state index in [0.717, 1.165) is 17.5 Å². The van der Waals surface area contributed by atoms with E-state index in [0.29, 0.717) is 22.8 Å². The van der Waals surface area contributed by atoms with Gasteiger partial charge >= 0.3 is 0 Å². The van der Waals surface area contributed by atoms with E-state index in [-0.39, 0.29) is 5.75 Å². The minimum atomic E-state index is 0.0742. The van der Waals surface area contributed by atoms with E-state index >= 15 is 0 Å². The number of aryl methyl sites for hydroxylation is 1. The molecule has 2 N–H and O–H groups in total. The predicted octanol–water partition coefficient (Wildman–Crippen LogP) is 3.11. The average Bonchev–Trinajstić information content (AvgIpc) is 2.57. The van der Waals surface area contributed by atoms with Gasteiger partial charge in [0.1, 0.15) is 12.0 Å².